The lowest BCUT2D eigenvalue weighted by molar-refractivity contribution is 0.476. The minimum Gasteiger partial charge on any atom is -0.506 e. The summed E-state index contributed by atoms with van der Waals surface area (Å²) >= 11 is 0. The monoisotopic (exact) mass is 559 g/mol. The van der Waals surface area contributed by atoms with E-state index in [9.17, 15) is 35.5 Å². The molecule has 0 atom stereocenters. The Morgan fingerprint density at radius 1 is 1.00 bits per heavy atom. The van der Waals surface area contributed by atoms with Crippen LogP contribution in [-0.2, 0) is 26.4 Å². The Labute approximate surface area is 215 Å². The lowest BCUT2D eigenvalue weighted by atomic mass is 10.1. The first-order valence-electron chi connectivity index (χ1n) is 11.0. The van der Waals surface area contributed by atoms with E-state index < -0.39 is 48.4 Å². The number of sulfonamides is 1. The highest BCUT2D eigenvalue weighted by Crippen LogP contribution is 2.38. The molecule has 1 aliphatic heterocycles. The Morgan fingerprint density at radius 3 is 2.37 bits per heavy atom. The third-order valence-electron chi connectivity index (χ3n) is 5.86. The number of halogens is 2. The van der Waals surface area contributed by atoms with E-state index in [0.717, 1.165) is 29.9 Å². The van der Waals surface area contributed by atoms with Crippen molar-refractivity contribution < 1.29 is 30.7 Å². The molecule has 38 heavy (non-hydrogen) atoms. The van der Waals surface area contributed by atoms with E-state index in [-0.39, 0.29) is 39.4 Å². The fourth-order valence-corrected chi connectivity index (χ4v) is 6.12. The van der Waals surface area contributed by atoms with Gasteiger partial charge in [-0.3, -0.25) is 9.52 Å². The molecule has 0 spiro atoms. The molecule has 3 aromatic carbocycles. The number of aromatic hydroxyl groups is 1. The molecule has 3 N–H and O–H groups in total. The predicted octanol–water partition coefficient (Wildman–Crippen LogP) is 3.60. The summed E-state index contributed by atoms with van der Waals surface area (Å²) in [5.74, 6) is -1.80. The number of sulfone groups is 1. The van der Waals surface area contributed by atoms with E-state index >= 15 is 0 Å². The average Bonchev–Trinajstić information content (AvgIpc) is 2.82. The first-order valence-corrected chi connectivity index (χ1v) is 14.4. The number of aromatic nitrogens is 1. The molecule has 0 amide bonds. The number of rotatable bonds is 5. The van der Waals surface area contributed by atoms with Crippen molar-refractivity contribution in [2.75, 3.05) is 16.3 Å². The number of pyridine rings is 1. The molecule has 0 unspecified atom stereocenters. The summed E-state index contributed by atoms with van der Waals surface area (Å²) in [6, 6.07) is 12.5. The van der Waals surface area contributed by atoms with Crippen molar-refractivity contribution in [3.05, 3.63) is 99.2 Å². The molecular formula is C25H19F2N3O6S2. The Bertz CT molecular complexity index is 1930. The van der Waals surface area contributed by atoms with E-state index in [0.29, 0.717) is 5.56 Å². The summed E-state index contributed by atoms with van der Waals surface area (Å²) in [4.78, 5) is 13.4. The smallest absolute Gasteiger partial charge is 0.264 e. The lowest BCUT2D eigenvalue weighted by Crippen LogP contribution is -2.27. The quantitative estimate of drug-likeness (QED) is 0.340. The predicted molar refractivity (Wildman–Crippen MR) is 139 cm³/mol. The molecule has 5 rings (SSSR count). The third-order valence-corrected chi connectivity index (χ3v) is 7.96. The van der Waals surface area contributed by atoms with Crippen LogP contribution in [0.4, 0.5) is 20.2 Å². The van der Waals surface area contributed by atoms with Gasteiger partial charge in [0.1, 0.15) is 22.9 Å². The van der Waals surface area contributed by atoms with E-state index in [1.165, 1.54) is 47.0 Å². The van der Waals surface area contributed by atoms with Crippen molar-refractivity contribution >= 4 is 47.8 Å². The SMILES string of the molecule is CS(=O)(=O)Nc1ccc2c(c1)S(=O)(=O)C=C(c1c(O)c3cc(F)ccc3n(Cc3ccc(F)cc3)c1=O)N2. The van der Waals surface area contributed by atoms with E-state index in [1.807, 2.05) is 0 Å². The van der Waals surface area contributed by atoms with Gasteiger partial charge in [-0.05, 0) is 54.1 Å². The third kappa shape index (κ3) is 4.73. The summed E-state index contributed by atoms with van der Waals surface area (Å²) in [6.45, 7) is -0.0777. The molecule has 1 aromatic heterocycles. The van der Waals surface area contributed by atoms with Gasteiger partial charge in [-0.25, -0.2) is 25.6 Å². The number of nitrogens with one attached hydrogen (secondary N) is 2. The minimum absolute atomic E-state index is 0.0131. The van der Waals surface area contributed by atoms with Crippen LogP contribution >= 0.6 is 0 Å². The molecule has 0 fully saturated rings. The second-order valence-corrected chi connectivity index (χ2v) is 12.2. The van der Waals surface area contributed by atoms with Gasteiger partial charge < -0.3 is 15.0 Å². The largest absolute Gasteiger partial charge is 0.506 e. The van der Waals surface area contributed by atoms with Crippen LogP contribution in [-0.4, -0.2) is 32.8 Å². The topological polar surface area (TPSA) is 135 Å². The van der Waals surface area contributed by atoms with Crippen molar-refractivity contribution in [2.45, 2.75) is 11.4 Å². The average molecular weight is 560 g/mol. The molecule has 13 heteroatoms. The summed E-state index contributed by atoms with van der Waals surface area (Å²) in [5, 5.41) is 14.5. The molecule has 196 valence electrons. The van der Waals surface area contributed by atoms with E-state index in [4.69, 9.17) is 0 Å². The number of fused-ring (bicyclic) bond motifs is 2. The minimum atomic E-state index is -4.22. The molecule has 2 heterocycles. The van der Waals surface area contributed by atoms with E-state index in [1.54, 1.807) is 0 Å². The maximum Gasteiger partial charge on any atom is 0.264 e. The van der Waals surface area contributed by atoms with Crippen LogP contribution in [0.3, 0.4) is 0 Å². The van der Waals surface area contributed by atoms with Gasteiger partial charge in [-0.2, -0.15) is 0 Å². The zero-order chi connectivity index (χ0) is 27.4. The summed E-state index contributed by atoms with van der Waals surface area (Å²) < 4.78 is 80.4. The van der Waals surface area contributed by atoms with E-state index in [2.05, 4.69) is 10.0 Å². The Balaban J connectivity index is 1.70. The molecule has 0 aliphatic carbocycles. The van der Waals surface area contributed by atoms with Gasteiger partial charge in [-0.1, -0.05) is 12.1 Å². The molecule has 0 radical (unpaired) electrons. The normalized spacial score (nSPS) is 14.4. The molecule has 0 saturated carbocycles. The first kappa shape index (κ1) is 25.4. The highest BCUT2D eigenvalue weighted by atomic mass is 32.2. The molecule has 0 saturated heterocycles. The van der Waals surface area contributed by atoms with Crippen LogP contribution in [0.15, 0.2) is 75.8 Å². The Kier molecular flexibility index (Phi) is 5.99. The number of nitrogens with zero attached hydrogens (tertiary/aromatic N) is 1. The summed E-state index contributed by atoms with van der Waals surface area (Å²) in [7, 11) is -7.90. The molecule has 4 aromatic rings. The zero-order valence-electron chi connectivity index (χ0n) is 19.6. The zero-order valence-corrected chi connectivity index (χ0v) is 21.2. The van der Waals surface area contributed by atoms with Crippen molar-refractivity contribution in [3.8, 4) is 5.75 Å². The Morgan fingerprint density at radius 2 is 1.68 bits per heavy atom. The fraction of sp³-hybridized carbons (Fsp3) is 0.0800. The Hall–Kier alpha value is -4.23. The number of hydrogen-bond donors (Lipinski definition) is 3. The van der Waals surface area contributed by atoms with Gasteiger partial charge in [-0.15, -0.1) is 0 Å². The van der Waals surface area contributed by atoms with Crippen LogP contribution < -0.4 is 15.6 Å². The van der Waals surface area contributed by atoms with Gasteiger partial charge >= 0.3 is 0 Å². The standard InChI is InChI=1S/C25H19F2N3O6S2/c1-37(33,34)29-17-7-8-19-22(11-17)38(35,36)13-20(28-19)23-24(31)18-10-16(27)6-9-21(18)30(25(23)32)12-14-2-4-15(26)5-3-14/h2-11,13,28-29,31H,12H2,1H3. The van der Waals surface area contributed by atoms with Crippen LogP contribution in [0.5, 0.6) is 5.75 Å². The van der Waals surface area contributed by atoms with Crippen molar-refractivity contribution in [1.82, 2.24) is 4.57 Å². The molecule has 9 nitrogen and oxygen atoms in total. The lowest BCUT2D eigenvalue weighted by Gasteiger charge is -2.22. The van der Waals surface area contributed by atoms with Gasteiger partial charge in [0, 0.05) is 11.1 Å². The molecular weight excluding hydrogens is 540 g/mol. The molecule has 1 aliphatic rings. The molecule has 0 bridgehead atoms. The van der Waals surface area contributed by atoms with Gasteiger partial charge in [0.15, 0.2) is 0 Å². The van der Waals surface area contributed by atoms with Crippen molar-refractivity contribution in [2.24, 2.45) is 0 Å². The second kappa shape index (κ2) is 8.96. The fourth-order valence-electron chi connectivity index (χ4n) is 4.24. The van der Waals surface area contributed by atoms with Crippen LogP contribution in [0.25, 0.3) is 16.6 Å². The number of benzene rings is 3. The van der Waals surface area contributed by atoms with Crippen LogP contribution in [0.2, 0.25) is 0 Å². The van der Waals surface area contributed by atoms with Gasteiger partial charge in [0.2, 0.25) is 19.9 Å². The summed E-state index contributed by atoms with van der Waals surface area (Å²) in [6.07, 6.45) is 0.916. The first-order chi connectivity index (χ1) is 17.8. The maximum atomic E-state index is 14.2. The second-order valence-electron chi connectivity index (χ2n) is 8.69. The van der Waals surface area contributed by atoms with Crippen molar-refractivity contribution in [3.63, 3.8) is 0 Å². The number of hydrogen-bond acceptors (Lipinski definition) is 7. The number of anilines is 2. The van der Waals surface area contributed by atoms with Gasteiger partial charge in [0.05, 0.1) is 40.0 Å². The van der Waals surface area contributed by atoms with Crippen molar-refractivity contribution in [1.29, 1.82) is 0 Å². The van der Waals surface area contributed by atoms with Gasteiger partial charge in [0.25, 0.3) is 5.56 Å². The summed E-state index contributed by atoms with van der Waals surface area (Å²) in [5.41, 5.74) is -0.702. The highest BCUT2D eigenvalue weighted by molar-refractivity contribution is 7.94. The van der Waals surface area contributed by atoms with Crippen LogP contribution in [0, 0.1) is 11.6 Å². The van der Waals surface area contributed by atoms with Crippen LogP contribution in [0.1, 0.15) is 11.1 Å². The maximum absolute atomic E-state index is 14.2. The highest BCUT2D eigenvalue weighted by Gasteiger charge is 2.29.